The van der Waals surface area contributed by atoms with Crippen LogP contribution in [0, 0.1) is 19.7 Å². The molecule has 184 valence electrons. The van der Waals surface area contributed by atoms with Crippen molar-refractivity contribution >= 4 is 27.5 Å². The lowest BCUT2D eigenvalue weighted by Gasteiger charge is -2.16. The average Bonchev–Trinajstić information content (AvgIpc) is 3.42. The molecule has 1 amide bonds. The van der Waals surface area contributed by atoms with Gasteiger partial charge in [-0.2, -0.15) is 5.10 Å². The Hall–Kier alpha value is -3.33. The average molecular weight is 496 g/mol. The summed E-state index contributed by atoms with van der Waals surface area (Å²) in [5.74, 6) is 0.346. The molecule has 9 heteroatoms. The first-order valence-electron chi connectivity index (χ1n) is 11.8. The summed E-state index contributed by atoms with van der Waals surface area (Å²) in [7, 11) is 1.82. The molecule has 4 aromatic rings. The molecule has 2 N–H and O–H groups in total. The van der Waals surface area contributed by atoms with Crippen LogP contribution < -0.4 is 5.56 Å². The quantitative estimate of drug-likeness (QED) is 0.305. The fourth-order valence-corrected chi connectivity index (χ4v) is 5.11. The minimum Gasteiger partial charge on any atom is -0.346 e. The molecule has 0 saturated heterocycles. The van der Waals surface area contributed by atoms with Gasteiger partial charge in [0.15, 0.2) is 0 Å². The van der Waals surface area contributed by atoms with Gasteiger partial charge < -0.3 is 9.88 Å². The van der Waals surface area contributed by atoms with E-state index in [-0.39, 0.29) is 17.3 Å². The van der Waals surface area contributed by atoms with E-state index in [0.29, 0.717) is 30.6 Å². The monoisotopic (exact) mass is 495 g/mol. The maximum Gasteiger partial charge on any atom is 0.259 e. The Balaban J connectivity index is 1.18. The van der Waals surface area contributed by atoms with Crippen molar-refractivity contribution in [2.45, 2.75) is 52.4 Å². The smallest absolute Gasteiger partial charge is 0.259 e. The molecule has 7 nitrogen and oxygen atoms in total. The van der Waals surface area contributed by atoms with Crippen molar-refractivity contribution in [2.24, 2.45) is 0 Å². The second-order valence-electron chi connectivity index (χ2n) is 8.89. The summed E-state index contributed by atoms with van der Waals surface area (Å²) in [6, 6.07) is 8.30. The first-order valence-corrected chi connectivity index (χ1v) is 12.7. The summed E-state index contributed by atoms with van der Waals surface area (Å²) in [5.41, 5.74) is 3.58. The highest BCUT2D eigenvalue weighted by atomic mass is 32.1. The lowest BCUT2D eigenvalue weighted by Crippen LogP contribution is -2.28. The molecule has 0 fully saturated rings. The van der Waals surface area contributed by atoms with Gasteiger partial charge in [0.2, 0.25) is 5.91 Å². The van der Waals surface area contributed by atoms with Crippen LogP contribution in [0.3, 0.4) is 0 Å². The Morgan fingerprint density at radius 3 is 2.66 bits per heavy atom. The summed E-state index contributed by atoms with van der Waals surface area (Å²) in [5, 5.41) is 8.02. The SMILES string of the molecule is Cc1sc2nc(CCC(=O)N(C)CCCCCc3cc(-c4ccc(F)cc4)n[nH]3)[nH]c(=O)c2c1C. The van der Waals surface area contributed by atoms with Crippen molar-refractivity contribution in [3.8, 4) is 11.3 Å². The zero-order chi connectivity index (χ0) is 24.9. The van der Waals surface area contributed by atoms with Gasteiger partial charge in [-0.1, -0.05) is 6.42 Å². The number of aryl methyl sites for hydroxylation is 4. The maximum absolute atomic E-state index is 13.1. The zero-order valence-corrected chi connectivity index (χ0v) is 21.1. The number of thiophene rings is 1. The van der Waals surface area contributed by atoms with Crippen LogP contribution in [0.2, 0.25) is 0 Å². The van der Waals surface area contributed by atoms with Crippen LogP contribution in [0.25, 0.3) is 21.5 Å². The van der Waals surface area contributed by atoms with Crippen molar-refractivity contribution in [1.82, 2.24) is 25.1 Å². The fraction of sp³-hybridized carbons (Fsp3) is 0.385. The maximum atomic E-state index is 13.1. The number of H-pyrrole nitrogens is 2. The van der Waals surface area contributed by atoms with E-state index < -0.39 is 0 Å². The van der Waals surface area contributed by atoms with Crippen LogP contribution >= 0.6 is 11.3 Å². The second-order valence-corrected chi connectivity index (χ2v) is 10.1. The van der Waals surface area contributed by atoms with Crippen molar-refractivity contribution < 1.29 is 9.18 Å². The number of hydrogen-bond acceptors (Lipinski definition) is 5. The Kier molecular flexibility index (Phi) is 7.75. The Morgan fingerprint density at radius 2 is 1.89 bits per heavy atom. The third kappa shape index (κ3) is 6.03. The first kappa shape index (κ1) is 24.8. The molecule has 0 radical (unpaired) electrons. The molecule has 4 rings (SSSR count). The van der Waals surface area contributed by atoms with Gasteiger partial charge in [-0.05, 0) is 69.0 Å². The molecule has 0 spiro atoms. The summed E-state index contributed by atoms with van der Waals surface area (Å²) in [6.07, 6.45) is 4.49. The van der Waals surface area contributed by atoms with Crippen molar-refractivity contribution in [2.75, 3.05) is 13.6 Å². The number of unbranched alkanes of at least 4 members (excludes halogenated alkanes) is 2. The standard InChI is InChI=1S/C26H30FN5O2S/c1-16-17(2)35-26-24(16)25(34)28-22(29-26)12-13-23(33)32(3)14-6-4-5-7-20-15-21(31-30-20)18-8-10-19(27)11-9-18/h8-11,15H,4-7,12-14H2,1-3H3,(H,30,31)(H,28,29,34). The van der Waals surface area contributed by atoms with E-state index >= 15 is 0 Å². The number of carbonyl (C=O) groups is 1. The number of nitrogens with zero attached hydrogens (tertiary/aromatic N) is 3. The third-order valence-electron chi connectivity index (χ3n) is 6.30. The van der Waals surface area contributed by atoms with Crippen LogP contribution in [-0.2, 0) is 17.6 Å². The molecule has 0 unspecified atom stereocenters. The Morgan fingerprint density at radius 1 is 1.11 bits per heavy atom. The van der Waals surface area contributed by atoms with E-state index in [2.05, 4.69) is 20.2 Å². The van der Waals surface area contributed by atoms with E-state index in [1.54, 1.807) is 17.0 Å². The molecular formula is C26H30FN5O2S. The van der Waals surface area contributed by atoms with Crippen LogP contribution in [-0.4, -0.2) is 44.6 Å². The van der Waals surface area contributed by atoms with Crippen molar-refractivity contribution in [3.63, 3.8) is 0 Å². The Labute approximate surface area is 207 Å². The van der Waals surface area contributed by atoms with Gasteiger partial charge in [0, 0.05) is 42.6 Å². The number of fused-ring (bicyclic) bond motifs is 1. The molecule has 3 heterocycles. The molecule has 0 aliphatic heterocycles. The number of carbonyl (C=O) groups excluding carboxylic acids is 1. The first-order chi connectivity index (χ1) is 16.8. The molecule has 1 aromatic carbocycles. The minimum absolute atomic E-state index is 0.0452. The van der Waals surface area contributed by atoms with Crippen molar-refractivity contribution in [1.29, 1.82) is 0 Å². The predicted octanol–water partition coefficient (Wildman–Crippen LogP) is 4.93. The van der Waals surface area contributed by atoms with E-state index in [9.17, 15) is 14.0 Å². The van der Waals surface area contributed by atoms with Crippen LogP contribution in [0.1, 0.15) is 47.6 Å². The zero-order valence-electron chi connectivity index (χ0n) is 20.3. The van der Waals surface area contributed by atoms with Gasteiger partial charge in [0.05, 0.1) is 11.1 Å². The van der Waals surface area contributed by atoms with Gasteiger partial charge in [0.1, 0.15) is 16.5 Å². The van der Waals surface area contributed by atoms with Crippen LogP contribution in [0.4, 0.5) is 4.39 Å². The number of benzene rings is 1. The highest BCUT2D eigenvalue weighted by Crippen LogP contribution is 2.25. The lowest BCUT2D eigenvalue weighted by atomic mass is 10.1. The highest BCUT2D eigenvalue weighted by Gasteiger charge is 2.14. The van der Waals surface area contributed by atoms with Crippen molar-refractivity contribution in [3.05, 3.63) is 68.5 Å². The highest BCUT2D eigenvalue weighted by molar-refractivity contribution is 7.18. The Bertz CT molecular complexity index is 1370. The van der Waals surface area contributed by atoms with Gasteiger partial charge in [-0.3, -0.25) is 14.7 Å². The van der Waals surface area contributed by atoms with Gasteiger partial charge in [-0.15, -0.1) is 11.3 Å². The summed E-state index contributed by atoms with van der Waals surface area (Å²) < 4.78 is 13.1. The molecule has 3 aromatic heterocycles. The van der Waals surface area contributed by atoms with E-state index in [0.717, 1.165) is 57.9 Å². The van der Waals surface area contributed by atoms with Gasteiger partial charge >= 0.3 is 0 Å². The lowest BCUT2D eigenvalue weighted by molar-refractivity contribution is -0.129. The minimum atomic E-state index is -0.260. The second kappa shape index (κ2) is 10.9. The number of aromatic amines is 2. The predicted molar refractivity (Wildman–Crippen MR) is 137 cm³/mol. The molecule has 35 heavy (non-hydrogen) atoms. The topological polar surface area (TPSA) is 94.7 Å². The van der Waals surface area contributed by atoms with Gasteiger partial charge in [-0.25, -0.2) is 9.37 Å². The van der Waals surface area contributed by atoms with Crippen LogP contribution in [0.5, 0.6) is 0 Å². The summed E-state index contributed by atoms with van der Waals surface area (Å²) in [6.45, 7) is 4.61. The largest absolute Gasteiger partial charge is 0.346 e. The molecule has 0 aliphatic rings. The third-order valence-corrected chi connectivity index (χ3v) is 7.40. The van der Waals surface area contributed by atoms with E-state index in [1.807, 2.05) is 27.0 Å². The molecule has 0 bridgehead atoms. The van der Waals surface area contributed by atoms with Crippen LogP contribution in [0.15, 0.2) is 35.1 Å². The number of nitrogens with one attached hydrogen (secondary N) is 2. The summed E-state index contributed by atoms with van der Waals surface area (Å²) in [4.78, 5) is 35.9. The number of rotatable bonds is 10. The number of halogens is 1. The molecule has 0 atom stereocenters. The molecular weight excluding hydrogens is 465 g/mol. The van der Waals surface area contributed by atoms with E-state index in [1.165, 1.54) is 23.5 Å². The van der Waals surface area contributed by atoms with Gasteiger partial charge in [0.25, 0.3) is 5.56 Å². The molecule has 0 saturated carbocycles. The fourth-order valence-electron chi connectivity index (χ4n) is 4.06. The van der Waals surface area contributed by atoms with E-state index in [4.69, 9.17) is 0 Å². The number of aromatic nitrogens is 4. The number of amides is 1. The summed E-state index contributed by atoms with van der Waals surface area (Å²) >= 11 is 1.52. The number of hydrogen-bond donors (Lipinski definition) is 2. The molecule has 0 aliphatic carbocycles. The normalized spacial score (nSPS) is 11.3.